The van der Waals surface area contributed by atoms with Crippen molar-refractivity contribution < 1.29 is 4.79 Å². The second-order valence-corrected chi connectivity index (χ2v) is 5.22. The number of likely N-dealkylation sites (N-methyl/N-ethyl adjacent to an activating group) is 1. The van der Waals surface area contributed by atoms with E-state index in [2.05, 4.69) is 18.9 Å². The number of amides is 1. The molecule has 0 aliphatic carbocycles. The molecular weight excluding hydrogens is 220 g/mol. The van der Waals surface area contributed by atoms with Gasteiger partial charge < -0.3 is 4.90 Å². The summed E-state index contributed by atoms with van der Waals surface area (Å²) in [6.45, 7) is 4.88. The van der Waals surface area contributed by atoms with Gasteiger partial charge in [-0.25, -0.2) is 0 Å². The summed E-state index contributed by atoms with van der Waals surface area (Å²) in [6.07, 6.45) is 1.10. The van der Waals surface area contributed by atoms with E-state index in [-0.39, 0.29) is 5.91 Å². The van der Waals surface area contributed by atoms with Crippen LogP contribution in [-0.4, -0.2) is 48.4 Å². The number of thiophene rings is 1. The van der Waals surface area contributed by atoms with Crippen LogP contribution in [0.1, 0.15) is 23.0 Å². The van der Waals surface area contributed by atoms with Crippen LogP contribution in [-0.2, 0) is 0 Å². The van der Waals surface area contributed by atoms with Gasteiger partial charge in [-0.3, -0.25) is 9.69 Å². The summed E-state index contributed by atoms with van der Waals surface area (Å²) in [5.41, 5.74) is 0. The number of carbonyl (C=O) groups is 1. The summed E-state index contributed by atoms with van der Waals surface area (Å²) in [7, 11) is 2.14. The SMILES string of the molecule is CCC1CN(C(=O)c2cccs2)CCN1C. The maximum absolute atomic E-state index is 12.1. The van der Waals surface area contributed by atoms with E-state index in [1.807, 2.05) is 22.4 Å². The van der Waals surface area contributed by atoms with E-state index in [0.29, 0.717) is 6.04 Å². The van der Waals surface area contributed by atoms with Crippen molar-refractivity contribution in [1.29, 1.82) is 0 Å². The molecule has 2 rings (SSSR count). The maximum atomic E-state index is 12.1. The zero-order valence-corrected chi connectivity index (χ0v) is 10.7. The lowest BCUT2D eigenvalue weighted by Gasteiger charge is -2.38. The molecule has 88 valence electrons. The van der Waals surface area contributed by atoms with Crippen LogP contribution in [0.5, 0.6) is 0 Å². The molecule has 1 atom stereocenters. The summed E-state index contributed by atoms with van der Waals surface area (Å²) in [5.74, 6) is 0.196. The minimum Gasteiger partial charge on any atom is -0.335 e. The molecule has 0 N–H and O–H groups in total. The molecule has 0 radical (unpaired) electrons. The average Bonchev–Trinajstić information content (AvgIpc) is 2.82. The van der Waals surface area contributed by atoms with Gasteiger partial charge in [-0.1, -0.05) is 13.0 Å². The molecule has 1 unspecified atom stereocenters. The Morgan fingerprint density at radius 1 is 1.56 bits per heavy atom. The quantitative estimate of drug-likeness (QED) is 0.786. The van der Waals surface area contributed by atoms with E-state index in [1.54, 1.807) is 0 Å². The molecule has 0 saturated carbocycles. The second kappa shape index (κ2) is 4.97. The Bertz CT molecular complexity index is 350. The van der Waals surface area contributed by atoms with E-state index < -0.39 is 0 Å². The van der Waals surface area contributed by atoms with Crippen molar-refractivity contribution in [3.8, 4) is 0 Å². The van der Waals surface area contributed by atoms with Crippen molar-refractivity contribution in [2.24, 2.45) is 0 Å². The van der Waals surface area contributed by atoms with Crippen molar-refractivity contribution in [1.82, 2.24) is 9.80 Å². The van der Waals surface area contributed by atoms with Gasteiger partial charge in [0, 0.05) is 25.7 Å². The summed E-state index contributed by atoms with van der Waals surface area (Å²) < 4.78 is 0. The highest BCUT2D eigenvalue weighted by Crippen LogP contribution is 2.16. The monoisotopic (exact) mass is 238 g/mol. The van der Waals surface area contributed by atoms with Crippen LogP contribution in [0, 0.1) is 0 Å². The van der Waals surface area contributed by atoms with Crippen LogP contribution >= 0.6 is 11.3 Å². The number of nitrogens with zero attached hydrogens (tertiary/aromatic N) is 2. The molecule has 1 amide bonds. The number of rotatable bonds is 2. The van der Waals surface area contributed by atoms with E-state index in [1.165, 1.54) is 11.3 Å². The van der Waals surface area contributed by atoms with Crippen LogP contribution in [0.3, 0.4) is 0 Å². The molecular formula is C12H18N2OS. The highest BCUT2D eigenvalue weighted by molar-refractivity contribution is 7.12. The minimum atomic E-state index is 0.196. The van der Waals surface area contributed by atoms with Crippen molar-refractivity contribution in [2.45, 2.75) is 19.4 Å². The lowest BCUT2D eigenvalue weighted by Crippen LogP contribution is -2.52. The fraction of sp³-hybridized carbons (Fsp3) is 0.583. The van der Waals surface area contributed by atoms with Gasteiger partial charge in [-0.2, -0.15) is 0 Å². The first kappa shape index (κ1) is 11.6. The summed E-state index contributed by atoms with van der Waals surface area (Å²) in [6, 6.07) is 4.36. The zero-order chi connectivity index (χ0) is 11.5. The molecule has 0 aromatic carbocycles. The van der Waals surface area contributed by atoms with Crippen LogP contribution in [0.25, 0.3) is 0 Å². The molecule has 1 saturated heterocycles. The van der Waals surface area contributed by atoms with E-state index >= 15 is 0 Å². The van der Waals surface area contributed by atoms with E-state index in [9.17, 15) is 4.79 Å². The van der Waals surface area contributed by atoms with Crippen LogP contribution in [0.4, 0.5) is 0 Å². The molecule has 1 aromatic heterocycles. The smallest absolute Gasteiger partial charge is 0.264 e. The Morgan fingerprint density at radius 2 is 2.38 bits per heavy atom. The fourth-order valence-corrected chi connectivity index (χ4v) is 2.82. The average molecular weight is 238 g/mol. The summed E-state index contributed by atoms with van der Waals surface area (Å²) in [4.78, 5) is 17.3. The third kappa shape index (κ3) is 2.28. The second-order valence-electron chi connectivity index (χ2n) is 4.27. The summed E-state index contributed by atoms with van der Waals surface area (Å²) in [5, 5.41) is 1.96. The summed E-state index contributed by atoms with van der Waals surface area (Å²) >= 11 is 1.53. The number of hydrogen-bond acceptors (Lipinski definition) is 3. The maximum Gasteiger partial charge on any atom is 0.264 e. The van der Waals surface area contributed by atoms with Crippen molar-refractivity contribution in [3.63, 3.8) is 0 Å². The van der Waals surface area contributed by atoms with Gasteiger partial charge >= 0.3 is 0 Å². The van der Waals surface area contributed by atoms with Crippen molar-refractivity contribution in [2.75, 3.05) is 26.7 Å². The Hall–Kier alpha value is -0.870. The zero-order valence-electron chi connectivity index (χ0n) is 9.85. The van der Waals surface area contributed by atoms with Gasteiger partial charge in [0.25, 0.3) is 5.91 Å². The van der Waals surface area contributed by atoms with Gasteiger partial charge in [0.1, 0.15) is 0 Å². The predicted octanol–water partition coefficient (Wildman–Crippen LogP) is 1.91. The lowest BCUT2D eigenvalue weighted by molar-refractivity contribution is 0.0546. The Morgan fingerprint density at radius 3 is 3.00 bits per heavy atom. The molecule has 4 heteroatoms. The molecule has 3 nitrogen and oxygen atoms in total. The van der Waals surface area contributed by atoms with Gasteiger partial charge in [0.2, 0.25) is 0 Å². The molecule has 0 bridgehead atoms. The highest BCUT2D eigenvalue weighted by Gasteiger charge is 2.26. The number of hydrogen-bond donors (Lipinski definition) is 0. The highest BCUT2D eigenvalue weighted by atomic mass is 32.1. The lowest BCUT2D eigenvalue weighted by atomic mass is 10.1. The van der Waals surface area contributed by atoms with Crippen LogP contribution in [0.2, 0.25) is 0 Å². The molecule has 1 aliphatic rings. The van der Waals surface area contributed by atoms with Crippen LogP contribution < -0.4 is 0 Å². The van der Waals surface area contributed by atoms with E-state index in [0.717, 1.165) is 30.9 Å². The molecule has 1 fully saturated rings. The number of piperazine rings is 1. The van der Waals surface area contributed by atoms with Crippen molar-refractivity contribution >= 4 is 17.2 Å². The Kier molecular flexibility index (Phi) is 3.61. The third-order valence-corrected chi connectivity index (χ3v) is 4.13. The van der Waals surface area contributed by atoms with E-state index in [4.69, 9.17) is 0 Å². The van der Waals surface area contributed by atoms with Crippen molar-refractivity contribution in [3.05, 3.63) is 22.4 Å². The standard InChI is InChI=1S/C12H18N2OS/c1-3-10-9-14(7-6-13(10)2)12(15)11-5-4-8-16-11/h4-5,8,10H,3,6-7,9H2,1-2H3. The molecule has 2 heterocycles. The first-order valence-electron chi connectivity index (χ1n) is 5.75. The largest absolute Gasteiger partial charge is 0.335 e. The Balaban J connectivity index is 2.03. The first-order chi connectivity index (χ1) is 7.72. The van der Waals surface area contributed by atoms with Crippen LogP contribution in [0.15, 0.2) is 17.5 Å². The topological polar surface area (TPSA) is 23.6 Å². The van der Waals surface area contributed by atoms with Gasteiger partial charge in [-0.15, -0.1) is 11.3 Å². The van der Waals surface area contributed by atoms with Gasteiger partial charge in [0.05, 0.1) is 4.88 Å². The normalized spacial score (nSPS) is 22.4. The molecule has 0 spiro atoms. The Labute approximate surface area is 101 Å². The molecule has 16 heavy (non-hydrogen) atoms. The van der Waals surface area contributed by atoms with Gasteiger partial charge in [0.15, 0.2) is 0 Å². The fourth-order valence-electron chi connectivity index (χ4n) is 2.13. The predicted molar refractivity (Wildman–Crippen MR) is 66.9 cm³/mol. The molecule has 1 aliphatic heterocycles. The number of carbonyl (C=O) groups excluding carboxylic acids is 1. The molecule has 1 aromatic rings. The minimum absolute atomic E-state index is 0.196. The first-order valence-corrected chi connectivity index (χ1v) is 6.63. The van der Waals surface area contributed by atoms with Gasteiger partial charge in [-0.05, 0) is 24.9 Å². The third-order valence-electron chi connectivity index (χ3n) is 3.27.